The van der Waals surface area contributed by atoms with E-state index in [2.05, 4.69) is 5.32 Å². The van der Waals surface area contributed by atoms with Crippen LogP contribution < -0.4 is 11.1 Å². The maximum Gasteiger partial charge on any atom is 0.257 e. The van der Waals surface area contributed by atoms with Gasteiger partial charge in [0, 0.05) is 18.2 Å². The molecule has 1 aliphatic rings. The van der Waals surface area contributed by atoms with Crippen LogP contribution in [-0.2, 0) is 11.3 Å². The number of carbonyl (C=O) groups excluding carboxylic acids is 1. The van der Waals surface area contributed by atoms with Crippen molar-refractivity contribution in [2.24, 2.45) is 0 Å². The van der Waals surface area contributed by atoms with Crippen molar-refractivity contribution in [3.8, 4) is 0 Å². The summed E-state index contributed by atoms with van der Waals surface area (Å²) in [5, 5.41) is 3.59. The molecule has 3 N–H and O–H groups in total. The third-order valence-electron chi connectivity index (χ3n) is 5.62. The highest BCUT2D eigenvalue weighted by Crippen LogP contribution is 2.30. The van der Waals surface area contributed by atoms with Crippen LogP contribution in [0.3, 0.4) is 0 Å². The molecule has 0 radical (unpaired) electrons. The Kier molecular flexibility index (Phi) is 5.21. The van der Waals surface area contributed by atoms with Gasteiger partial charge in [0.15, 0.2) is 5.65 Å². The van der Waals surface area contributed by atoms with Gasteiger partial charge in [-0.3, -0.25) is 4.79 Å². The van der Waals surface area contributed by atoms with Crippen LogP contribution in [0.15, 0.2) is 48.5 Å². The Labute approximate surface area is 184 Å². The largest absolute Gasteiger partial charge is 0.384 e. The lowest BCUT2D eigenvalue weighted by atomic mass is 10.2. The van der Waals surface area contributed by atoms with Crippen molar-refractivity contribution < 1.29 is 9.53 Å². The summed E-state index contributed by atoms with van der Waals surface area (Å²) in [7, 11) is 0. The third kappa shape index (κ3) is 3.71. The summed E-state index contributed by atoms with van der Waals surface area (Å²) in [6, 6.07) is 15.1. The van der Waals surface area contributed by atoms with Crippen LogP contribution in [-0.4, -0.2) is 39.7 Å². The minimum Gasteiger partial charge on any atom is -0.384 e. The van der Waals surface area contributed by atoms with Crippen molar-refractivity contribution in [3.05, 3.63) is 64.7 Å². The lowest BCUT2D eigenvalue weighted by molar-refractivity contribution is 0.0859. The molecule has 0 spiro atoms. The number of nitrogens with two attached hydrogens (primary N) is 1. The van der Waals surface area contributed by atoms with Gasteiger partial charge in [-0.25, -0.2) is 9.97 Å². The Hall–Kier alpha value is -3.16. The lowest BCUT2D eigenvalue weighted by Crippen LogP contribution is -2.32. The number of hydrogen-bond acceptors (Lipinski definition) is 5. The molecule has 0 bridgehead atoms. The van der Waals surface area contributed by atoms with Crippen molar-refractivity contribution in [2.45, 2.75) is 25.5 Å². The SMILES string of the molecule is Nc1c(C(=O)NCC2CCCO2)c2nc3ccccc3nc2n1Cc1ccccc1Cl. The van der Waals surface area contributed by atoms with Gasteiger partial charge in [-0.2, -0.15) is 0 Å². The number of hydrogen-bond donors (Lipinski definition) is 2. The second-order valence-electron chi connectivity index (χ2n) is 7.67. The molecule has 4 aromatic rings. The molecule has 2 aromatic carbocycles. The summed E-state index contributed by atoms with van der Waals surface area (Å²) in [6.45, 7) is 1.56. The molecule has 31 heavy (non-hydrogen) atoms. The number of ether oxygens (including phenoxy) is 1. The molecule has 1 amide bonds. The van der Waals surface area contributed by atoms with Crippen molar-refractivity contribution in [1.82, 2.24) is 19.9 Å². The quantitative estimate of drug-likeness (QED) is 0.497. The summed E-state index contributed by atoms with van der Waals surface area (Å²) in [6.07, 6.45) is 1.99. The average Bonchev–Trinajstić information content (AvgIpc) is 3.39. The van der Waals surface area contributed by atoms with E-state index in [1.165, 1.54) is 0 Å². The van der Waals surface area contributed by atoms with Crippen LogP contribution in [0.4, 0.5) is 5.82 Å². The Morgan fingerprint density at radius 1 is 1.16 bits per heavy atom. The molecule has 5 rings (SSSR count). The lowest BCUT2D eigenvalue weighted by Gasteiger charge is -2.11. The van der Waals surface area contributed by atoms with E-state index in [9.17, 15) is 4.79 Å². The van der Waals surface area contributed by atoms with E-state index in [1.54, 1.807) is 4.57 Å². The molecule has 0 aliphatic carbocycles. The molecule has 1 saturated heterocycles. The first-order valence-electron chi connectivity index (χ1n) is 10.3. The minimum absolute atomic E-state index is 0.0357. The fraction of sp³-hybridized carbons (Fsp3) is 0.261. The van der Waals surface area contributed by atoms with Crippen molar-refractivity contribution >= 4 is 45.5 Å². The number of rotatable bonds is 5. The number of anilines is 1. The summed E-state index contributed by atoms with van der Waals surface area (Å²) >= 11 is 6.38. The van der Waals surface area contributed by atoms with Crippen LogP contribution in [0.1, 0.15) is 28.8 Å². The highest BCUT2D eigenvalue weighted by molar-refractivity contribution is 6.31. The van der Waals surface area contributed by atoms with E-state index in [0.29, 0.717) is 46.2 Å². The van der Waals surface area contributed by atoms with Gasteiger partial charge in [0.05, 0.1) is 23.7 Å². The molecule has 7 nitrogen and oxygen atoms in total. The fourth-order valence-electron chi connectivity index (χ4n) is 4.00. The van der Waals surface area contributed by atoms with Crippen LogP contribution in [0.5, 0.6) is 0 Å². The number of fused-ring (bicyclic) bond motifs is 2. The summed E-state index contributed by atoms with van der Waals surface area (Å²) < 4.78 is 7.42. The van der Waals surface area contributed by atoms with E-state index < -0.39 is 0 Å². The Balaban J connectivity index is 1.61. The number of para-hydroxylation sites is 2. The van der Waals surface area contributed by atoms with Gasteiger partial charge < -0.3 is 20.4 Å². The van der Waals surface area contributed by atoms with E-state index in [4.69, 9.17) is 32.0 Å². The summed E-state index contributed by atoms with van der Waals surface area (Å²) in [5.41, 5.74) is 10.2. The normalized spacial score (nSPS) is 16.2. The number of benzene rings is 2. The maximum absolute atomic E-state index is 13.2. The highest BCUT2D eigenvalue weighted by Gasteiger charge is 2.25. The monoisotopic (exact) mass is 435 g/mol. The maximum atomic E-state index is 13.2. The summed E-state index contributed by atoms with van der Waals surface area (Å²) in [5.74, 6) is 0.0376. The second-order valence-corrected chi connectivity index (χ2v) is 8.07. The zero-order valence-electron chi connectivity index (χ0n) is 16.8. The van der Waals surface area contributed by atoms with E-state index in [-0.39, 0.29) is 12.0 Å². The number of nitrogen functional groups attached to an aromatic ring is 1. The van der Waals surface area contributed by atoms with Gasteiger partial charge in [0.25, 0.3) is 5.91 Å². The molecule has 1 unspecified atom stereocenters. The molecule has 2 aromatic heterocycles. The smallest absolute Gasteiger partial charge is 0.257 e. The Bertz CT molecular complexity index is 1280. The van der Waals surface area contributed by atoms with Gasteiger partial charge in [-0.05, 0) is 36.6 Å². The number of nitrogens with one attached hydrogen (secondary N) is 1. The van der Waals surface area contributed by atoms with Crippen LogP contribution in [0.25, 0.3) is 22.2 Å². The third-order valence-corrected chi connectivity index (χ3v) is 5.99. The van der Waals surface area contributed by atoms with Crippen LogP contribution in [0.2, 0.25) is 5.02 Å². The molecular formula is C23H22ClN5O2. The van der Waals surface area contributed by atoms with Gasteiger partial charge in [-0.15, -0.1) is 0 Å². The first-order chi connectivity index (χ1) is 15.1. The first kappa shape index (κ1) is 19.8. The van der Waals surface area contributed by atoms with Gasteiger partial charge in [-0.1, -0.05) is 41.9 Å². The standard InChI is InChI=1S/C23H22ClN5O2/c24-16-8-2-1-6-14(16)13-29-21(25)19(23(30)26-12-15-7-5-11-31-15)20-22(29)28-18-10-4-3-9-17(18)27-20/h1-4,6,8-10,15H,5,7,11-13,25H2,(H,26,30). The number of nitrogens with zero attached hydrogens (tertiary/aromatic N) is 3. The highest BCUT2D eigenvalue weighted by atomic mass is 35.5. The first-order valence-corrected chi connectivity index (χ1v) is 10.7. The van der Waals surface area contributed by atoms with Crippen LogP contribution in [0, 0.1) is 0 Å². The van der Waals surface area contributed by atoms with Crippen LogP contribution >= 0.6 is 11.6 Å². The second kappa shape index (κ2) is 8.17. The van der Waals surface area contributed by atoms with Gasteiger partial charge in [0.1, 0.15) is 16.9 Å². The molecule has 8 heteroatoms. The van der Waals surface area contributed by atoms with Crippen molar-refractivity contribution in [3.63, 3.8) is 0 Å². The van der Waals surface area contributed by atoms with Crippen molar-refractivity contribution in [1.29, 1.82) is 0 Å². The number of aromatic nitrogens is 3. The van der Waals surface area contributed by atoms with Gasteiger partial charge >= 0.3 is 0 Å². The number of amides is 1. The summed E-state index contributed by atoms with van der Waals surface area (Å²) in [4.78, 5) is 22.7. The van der Waals surface area contributed by atoms with E-state index >= 15 is 0 Å². The molecule has 1 fully saturated rings. The number of halogens is 1. The zero-order chi connectivity index (χ0) is 21.4. The molecular weight excluding hydrogens is 414 g/mol. The molecule has 3 heterocycles. The Morgan fingerprint density at radius 2 is 1.90 bits per heavy atom. The topological polar surface area (TPSA) is 95.1 Å². The predicted octanol–water partition coefficient (Wildman–Crippen LogP) is 3.78. The van der Waals surface area contributed by atoms with Gasteiger partial charge in [0.2, 0.25) is 0 Å². The molecule has 158 valence electrons. The minimum atomic E-state index is -0.277. The number of carbonyl (C=O) groups is 1. The average molecular weight is 436 g/mol. The Morgan fingerprint density at radius 3 is 2.65 bits per heavy atom. The molecule has 1 aliphatic heterocycles. The molecule has 0 saturated carbocycles. The fourth-order valence-corrected chi connectivity index (χ4v) is 4.19. The molecule has 1 atom stereocenters. The van der Waals surface area contributed by atoms with E-state index in [1.807, 2.05) is 48.5 Å². The zero-order valence-corrected chi connectivity index (χ0v) is 17.6. The van der Waals surface area contributed by atoms with Crippen molar-refractivity contribution in [2.75, 3.05) is 18.9 Å². The predicted molar refractivity (Wildman–Crippen MR) is 121 cm³/mol. The van der Waals surface area contributed by atoms with E-state index in [0.717, 1.165) is 30.5 Å².